The number of hydrogen-bond acceptors (Lipinski definition) is 4. The lowest BCUT2D eigenvalue weighted by atomic mass is 10.1. The first-order chi connectivity index (χ1) is 14.6. The average Bonchev–Trinajstić information content (AvgIpc) is 3.15. The molecule has 2 amide bonds. The van der Waals surface area contributed by atoms with Gasteiger partial charge in [-0.3, -0.25) is 14.5 Å². The summed E-state index contributed by atoms with van der Waals surface area (Å²) in [5.41, 5.74) is 2.82. The highest BCUT2D eigenvalue weighted by Crippen LogP contribution is 2.46. The fourth-order valence-corrected chi connectivity index (χ4v) is 4.83. The zero-order valence-electron chi connectivity index (χ0n) is 16.2. The van der Waals surface area contributed by atoms with Crippen LogP contribution in [-0.4, -0.2) is 24.7 Å². The standard InChI is InChI=1S/C23H19BrN2O3S/c1-29-20-9-5-4-8-19(20)26-21(27)14-30-23(26)17-6-2-3-7-18(17)25-22(28)15-10-12-16(24)13-11-15/h2-13,23H,14H2,1H3,(H,25,28)/t23-/m1/s1. The van der Waals surface area contributed by atoms with Crippen molar-refractivity contribution in [3.8, 4) is 5.75 Å². The highest BCUT2D eigenvalue weighted by Gasteiger charge is 2.36. The minimum atomic E-state index is -0.268. The molecule has 3 aromatic rings. The molecule has 1 aliphatic heterocycles. The van der Waals surface area contributed by atoms with Gasteiger partial charge in [-0.25, -0.2) is 0 Å². The molecular formula is C23H19BrN2O3S. The summed E-state index contributed by atoms with van der Waals surface area (Å²) in [5.74, 6) is 0.795. The third-order valence-corrected chi connectivity index (χ3v) is 6.52. The fraction of sp³-hybridized carbons (Fsp3) is 0.130. The Kier molecular flexibility index (Phi) is 6.11. The number of halogens is 1. The van der Waals surface area contributed by atoms with Crippen molar-refractivity contribution in [2.24, 2.45) is 0 Å². The van der Waals surface area contributed by atoms with E-state index in [-0.39, 0.29) is 17.2 Å². The number of rotatable bonds is 5. The molecule has 0 radical (unpaired) electrons. The van der Waals surface area contributed by atoms with Gasteiger partial charge in [0.05, 0.1) is 18.6 Å². The second-order valence-electron chi connectivity index (χ2n) is 6.65. The van der Waals surface area contributed by atoms with Gasteiger partial charge >= 0.3 is 0 Å². The van der Waals surface area contributed by atoms with E-state index in [1.807, 2.05) is 60.7 Å². The van der Waals surface area contributed by atoms with Gasteiger partial charge in [0, 0.05) is 21.3 Å². The van der Waals surface area contributed by atoms with Crippen molar-refractivity contribution >= 4 is 50.9 Å². The Hall–Kier alpha value is -2.77. The predicted octanol–water partition coefficient (Wildman–Crippen LogP) is 5.49. The predicted molar refractivity (Wildman–Crippen MR) is 124 cm³/mol. The fourth-order valence-electron chi connectivity index (χ4n) is 3.37. The van der Waals surface area contributed by atoms with Gasteiger partial charge in [0.2, 0.25) is 5.91 Å². The Morgan fingerprint density at radius 1 is 1.07 bits per heavy atom. The largest absolute Gasteiger partial charge is 0.495 e. The van der Waals surface area contributed by atoms with Crippen LogP contribution in [0.15, 0.2) is 77.3 Å². The van der Waals surface area contributed by atoms with Crippen LogP contribution < -0.4 is 15.0 Å². The van der Waals surface area contributed by atoms with Crippen LogP contribution in [-0.2, 0) is 4.79 Å². The first-order valence-electron chi connectivity index (χ1n) is 9.31. The zero-order valence-corrected chi connectivity index (χ0v) is 18.6. The summed E-state index contributed by atoms with van der Waals surface area (Å²) < 4.78 is 6.39. The number of ether oxygens (including phenoxy) is 1. The van der Waals surface area contributed by atoms with Crippen LogP contribution in [0.4, 0.5) is 11.4 Å². The third kappa shape index (κ3) is 4.08. The average molecular weight is 483 g/mol. The minimum Gasteiger partial charge on any atom is -0.495 e. The summed E-state index contributed by atoms with van der Waals surface area (Å²) in [5, 5.41) is 2.73. The lowest BCUT2D eigenvalue weighted by molar-refractivity contribution is -0.115. The maximum absolute atomic E-state index is 12.8. The smallest absolute Gasteiger partial charge is 0.255 e. The summed E-state index contributed by atoms with van der Waals surface area (Å²) in [6, 6.07) is 22.2. The van der Waals surface area contributed by atoms with Gasteiger partial charge in [0.1, 0.15) is 11.1 Å². The van der Waals surface area contributed by atoms with Crippen LogP contribution in [0.25, 0.3) is 0 Å². The molecule has 7 heteroatoms. The van der Waals surface area contributed by atoms with E-state index in [1.54, 1.807) is 24.1 Å². The molecule has 4 rings (SSSR count). The minimum absolute atomic E-state index is 0.00328. The quantitative estimate of drug-likeness (QED) is 0.522. The van der Waals surface area contributed by atoms with E-state index in [0.717, 1.165) is 10.0 Å². The zero-order chi connectivity index (χ0) is 21.1. The number of hydrogen-bond donors (Lipinski definition) is 1. The summed E-state index contributed by atoms with van der Waals surface area (Å²) in [7, 11) is 1.59. The van der Waals surface area contributed by atoms with Crippen molar-refractivity contribution < 1.29 is 14.3 Å². The molecule has 30 heavy (non-hydrogen) atoms. The first kappa shape index (κ1) is 20.5. The lowest BCUT2D eigenvalue weighted by Crippen LogP contribution is -2.29. The number of thioether (sulfide) groups is 1. The van der Waals surface area contributed by atoms with Gasteiger partial charge in [-0.05, 0) is 42.5 Å². The van der Waals surface area contributed by atoms with Crippen molar-refractivity contribution in [1.82, 2.24) is 0 Å². The van der Waals surface area contributed by atoms with Crippen molar-refractivity contribution in [3.63, 3.8) is 0 Å². The van der Waals surface area contributed by atoms with E-state index in [4.69, 9.17) is 4.74 Å². The van der Waals surface area contributed by atoms with E-state index in [1.165, 1.54) is 11.8 Å². The number of benzene rings is 3. The van der Waals surface area contributed by atoms with Crippen molar-refractivity contribution in [3.05, 3.63) is 88.4 Å². The van der Waals surface area contributed by atoms with Crippen molar-refractivity contribution in [2.75, 3.05) is 23.1 Å². The summed E-state index contributed by atoms with van der Waals surface area (Å²) in [6.07, 6.45) is 0. The molecule has 3 aromatic carbocycles. The highest BCUT2D eigenvalue weighted by molar-refractivity contribution is 9.10. The molecule has 0 unspecified atom stereocenters. The van der Waals surface area contributed by atoms with E-state index in [9.17, 15) is 9.59 Å². The Balaban J connectivity index is 1.68. The molecule has 152 valence electrons. The summed E-state index contributed by atoms with van der Waals surface area (Å²) in [4.78, 5) is 27.3. The van der Waals surface area contributed by atoms with Crippen molar-refractivity contribution in [2.45, 2.75) is 5.37 Å². The number of carbonyl (C=O) groups is 2. The van der Waals surface area contributed by atoms with Crippen LogP contribution in [0.3, 0.4) is 0 Å². The molecule has 5 nitrogen and oxygen atoms in total. The number of carbonyl (C=O) groups excluding carboxylic acids is 2. The molecule has 0 spiro atoms. The second-order valence-corrected chi connectivity index (χ2v) is 8.63. The van der Waals surface area contributed by atoms with E-state index < -0.39 is 0 Å². The summed E-state index contributed by atoms with van der Waals surface area (Å²) in [6.45, 7) is 0. The third-order valence-electron chi connectivity index (χ3n) is 4.79. The van der Waals surface area contributed by atoms with Gasteiger partial charge in [0.25, 0.3) is 5.91 Å². The summed E-state index contributed by atoms with van der Waals surface area (Å²) >= 11 is 4.91. The first-order valence-corrected chi connectivity index (χ1v) is 11.1. The number of amides is 2. The van der Waals surface area contributed by atoms with Crippen LogP contribution >= 0.6 is 27.7 Å². The number of nitrogens with zero attached hydrogens (tertiary/aromatic N) is 1. The molecule has 0 aliphatic carbocycles. The SMILES string of the molecule is COc1ccccc1N1C(=O)CS[C@@H]1c1ccccc1NC(=O)c1ccc(Br)cc1. The topological polar surface area (TPSA) is 58.6 Å². The molecule has 1 saturated heterocycles. The Morgan fingerprint density at radius 3 is 2.53 bits per heavy atom. The number of anilines is 2. The van der Waals surface area contributed by atoms with E-state index >= 15 is 0 Å². The van der Waals surface area contributed by atoms with Crippen LogP contribution in [0.5, 0.6) is 5.75 Å². The van der Waals surface area contributed by atoms with E-state index in [0.29, 0.717) is 28.4 Å². The van der Waals surface area contributed by atoms with Gasteiger partial charge in [-0.15, -0.1) is 11.8 Å². The Labute approximate surface area is 187 Å². The van der Waals surface area contributed by atoms with Crippen LogP contribution in [0.2, 0.25) is 0 Å². The molecule has 0 bridgehead atoms. The lowest BCUT2D eigenvalue weighted by Gasteiger charge is -2.27. The van der Waals surface area contributed by atoms with Gasteiger partial charge in [0.15, 0.2) is 0 Å². The molecule has 1 N–H and O–H groups in total. The van der Waals surface area contributed by atoms with Gasteiger partial charge < -0.3 is 10.1 Å². The molecular weight excluding hydrogens is 464 g/mol. The van der Waals surface area contributed by atoms with Gasteiger partial charge in [-0.2, -0.15) is 0 Å². The highest BCUT2D eigenvalue weighted by atomic mass is 79.9. The number of nitrogens with one attached hydrogen (secondary N) is 1. The van der Waals surface area contributed by atoms with Crippen molar-refractivity contribution in [1.29, 1.82) is 0 Å². The molecule has 0 saturated carbocycles. The molecule has 0 aromatic heterocycles. The van der Waals surface area contributed by atoms with Crippen LogP contribution in [0.1, 0.15) is 21.3 Å². The molecule has 1 heterocycles. The van der Waals surface area contributed by atoms with E-state index in [2.05, 4.69) is 21.2 Å². The normalized spacial score (nSPS) is 15.9. The number of methoxy groups -OCH3 is 1. The monoisotopic (exact) mass is 482 g/mol. The number of para-hydroxylation sites is 3. The Morgan fingerprint density at radius 2 is 1.77 bits per heavy atom. The maximum atomic E-state index is 12.8. The molecule has 1 aliphatic rings. The Bertz CT molecular complexity index is 1090. The molecule has 1 fully saturated rings. The molecule has 1 atom stereocenters. The van der Waals surface area contributed by atoms with Crippen LogP contribution in [0, 0.1) is 0 Å². The van der Waals surface area contributed by atoms with Gasteiger partial charge in [-0.1, -0.05) is 46.3 Å². The second kappa shape index (κ2) is 8.93. The maximum Gasteiger partial charge on any atom is 0.255 e.